The van der Waals surface area contributed by atoms with E-state index in [9.17, 15) is 20.0 Å². The monoisotopic (exact) mass is 331 g/mol. The average Bonchev–Trinajstić information content (AvgIpc) is 2.50. The lowest BCUT2D eigenvalue weighted by atomic mass is 9.48. The summed E-state index contributed by atoms with van der Waals surface area (Å²) in [6, 6.07) is 6.16. The van der Waals surface area contributed by atoms with Gasteiger partial charge in [-0.05, 0) is 55.9 Å². The van der Waals surface area contributed by atoms with Crippen molar-refractivity contribution < 1.29 is 19.6 Å². The van der Waals surface area contributed by atoms with Crippen molar-refractivity contribution in [2.24, 2.45) is 17.3 Å². The Morgan fingerprint density at radius 2 is 2.00 bits per heavy atom. The van der Waals surface area contributed by atoms with Crippen molar-refractivity contribution in [1.29, 1.82) is 0 Å². The maximum absolute atomic E-state index is 12.8. The predicted octanol–water partition coefficient (Wildman–Crippen LogP) is 2.97. The molecule has 0 heterocycles. The molecule has 4 bridgehead atoms. The number of aliphatic hydroxyl groups is 1. The molecule has 0 amide bonds. The van der Waals surface area contributed by atoms with Crippen LogP contribution in [0, 0.1) is 27.4 Å². The molecule has 4 aliphatic carbocycles. The van der Waals surface area contributed by atoms with E-state index < -0.39 is 15.9 Å². The van der Waals surface area contributed by atoms with Gasteiger partial charge in [0.2, 0.25) is 0 Å². The lowest BCUT2D eigenvalue weighted by Gasteiger charge is -2.58. The Hall–Kier alpha value is -1.95. The Morgan fingerprint density at radius 3 is 2.62 bits per heavy atom. The zero-order valence-electron chi connectivity index (χ0n) is 13.4. The topological polar surface area (TPSA) is 89.7 Å². The van der Waals surface area contributed by atoms with E-state index in [1.807, 2.05) is 0 Å². The Bertz CT molecular complexity index is 686. The molecule has 0 saturated heterocycles. The third kappa shape index (κ3) is 2.59. The normalized spacial score (nSPS) is 36.5. The predicted molar refractivity (Wildman–Crippen MR) is 85.0 cm³/mol. The van der Waals surface area contributed by atoms with Gasteiger partial charge in [0.25, 0.3) is 5.69 Å². The highest BCUT2D eigenvalue weighted by molar-refractivity contribution is 5.77. The number of carbonyl (C=O) groups excluding carboxylic acids is 1. The number of non-ortho nitro benzene ring substituents is 1. The summed E-state index contributed by atoms with van der Waals surface area (Å²) >= 11 is 0. The number of nitro benzene ring substituents is 1. The molecular formula is C18H21NO5. The molecule has 24 heavy (non-hydrogen) atoms. The molecule has 4 fully saturated rings. The highest BCUT2D eigenvalue weighted by Crippen LogP contribution is 2.62. The molecule has 0 spiro atoms. The molecule has 128 valence electrons. The summed E-state index contributed by atoms with van der Waals surface area (Å²) in [4.78, 5) is 23.1. The van der Waals surface area contributed by atoms with Crippen molar-refractivity contribution in [1.82, 2.24) is 0 Å². The smallest absolute Gasteiger partial charge is 0.312 e. The zero-order valence-corrected chi connectivity index (χ0v) is 13.4. The summed E-state index contributed by atoms with van der Waals surface area (Å²) in [5, 5.41) is 21.5. The molecule has 5 rings (SSSR count). The van der Waals surface area contributed by atoms with Gasteiger partial charge >= 0.3 is 5.97 Å². The number of ether oxygens (including phenoxy) is 1. The first kappa shape index (κ1) is 15.6. The van der Waals surface area contributed by atoms with Gasteiger partial charge in [-0.1, -0.05) is 12.1 Å². The van der Waals surface area contributed by atoms with Crippen LogP contribution >= 0.6 is 0 Å². The standard InChI is InChI=1S/C18H21NO5/c20-16(24-10-12-2-1-3-15(5-12)19(22)23)17-6-13-4-14(7-17)9-18(21,8-13)11-17/h1-3,5,13-14,21H,4,6-11H2/t13-,14+,17?,18?. The van der Waals surface area contributed by atoms with Crippen LogP contribution in [-0.4, -0.2) is 21.6 Å². The SMILES string of the molecule is O=C(OCc1cccc([N+](=O)[O-])c1)C12C[C@@H]3C[C@@H](CC(O)(C3)C1)C2. The number of carbonyl (C=O) groups is 1. The van der Waals surface area contributed by atoms with Gasteiger partial charge in [0.15, 0.2) is 0 Å². The average molecular weight is 331 g/mol. The fourth-order valence-electron chi connectivity index (χ4n) is 5.51. The minimum atomic E-state index is -0.700. The number of rotatable bonds is 4. The molecule has 4 atom stereocenters. The number of nitro groups is 1. The Labute approximate surface area is 140 Å². The maximum Gasteiger partial charge on any atom is 0.312 e. The van der Waals surface area contributed by atoms with Crippen molar-refractivity contribution in [3.05, 3.63) is 39.9 Å². The fourth-order valence-corrected chi connectivity index (χ4v) is 5.51. The molecule has 1 N–H and O–H groups in total. The zero-order chi connectivity index (χ0) is 16.9. The molecule has 1 aromatic rings. The van der Waals surface area contributed by atoms with E-state index in [0.29, 0.717) is 23.8 Å². The third-order valence-corrected chi connectivity index (χ3v) is 5.95. The Kier molecular flexibility index (Phi) is 3.42. The molecule has 6 nitrogen and oxygen atoms in total. The largest absolute Gasteiger partial charge is 0.460 e. The molecule has 4 saturated carbocycles. The van der Waals surface area contributed by atoms with Crippen LogP contribution in [0.25, 0.3) is 0 Å². The lowest BCUT2D eigenvalue weighted by molar-refractivity contribution is -0.384. The molecule has 2 unspecified atom stereocenters. The van der Waals surface area contributed by atoms with Gasteiger partial charge in [0.1, 0.15) is 6.61 Å². The van der Waals surface area contributed by atoms with E-state index in [4.69, 9.17) is 4.74 Å². The van der Waals surface area contributed by atoms with Crippen LogP contribution in [0.15, 0.2) is 24.3 Å². The third-order valence-electron chi connectivity index (χ3n) is 5.95. The van der Waals surface area contributed by atoms with Crippen LogP contribution in [0.4, 0.5) is 5.69 Å². The summed E-state index contributed by atoms with van der Waals surface area (Å²) in [6.45, 7) is 0.0377. The number of benzene rings is 1. The molecule has 0 aromatic heterocycles. The summed E-state index contributed by atoms with van der Waals surface area (Å²) in [6.07, 6.45) is 4.84. The van der Waals surface area contributed by atoms with Crippen LogP contribution in [-0.2, 0) is 16.1 Å². The highest BCUT2D eigenvalue weighted by atomic mass is 16.6. The second-order valence-electron chi connectivity index (χ2n) is 7.97. The first-order chi connectivity index (χ1) is 11.4. The number of hydrogen-bond donors (Lipinski definition) is 1. The second-order valence-corrected chi connectivity index (χ2v) is 7.97. The number of hydrogen-bond acceptors (Lipinski definition) is 5. The van der Waals surface area contributed by atoms with Crippen LogP contribution in [0.1, 0.15) is 44.1 Å². The van der Waals surface area contributed by atoms with Gasteiger partial charge in [-0.25, -0.2) is 0 Å². The van der Waals surface area contributed by atoms with Gasteiger partial charge in [0.05, 0.1) is 15.9 Å². The highest BCUT2D eigenvalue weighted by Gasteiger charge is 2.60. The van der Waals surface area contributed by atoms with Gasteiger partial charge in [-0.3, -0.25) is 14.9 Å². The number of esters is 1. The van der Waals surface area contributed by atoms with Crippen LogP contribution < -0.4 is 0 Å². The van der Waals surface area contributed by atoms with Crippen molar-refractivity contribution in [2.75, 3.05) is 0 Å². The van der Waals surface area contributed by atoms with E-state index >= 15 is 0 Å². The molecule has 0 radical (unpaired) electrons. The van der Waals surface area contributed by atoms with Gasteiger partial charge in [-0.2, -0.15) is 0 Å². The molecule has 0 aliphatic heterocycles. The lowest BCUT2D eigenvalue weighted by Crippen LogP contribution is -2.58. The van der Waals surface area contributed by atoms with E-state index in [2.05, 4.69) is 0 Å². The Balaban J connectivity index is 1.47. The van der Waals surface area contributed by atoms with E-state index in [0.717, 1.165) is 32.1 Å². The molecule has 4 aliphatic rings. The first-order valence-corrected chi connectivity index (χ1v) is 8.51. The van der Waals surface area contributed by atoms with Gasteiger partial charge < -0.3 is 9.84 Å². The number of nitrogens with zero attached hydrogens (tertiary/aromatic N) is 1. The van der Waals surface area contributed by atoms with Crippen molar-refractivity contribution >= 4 is 11.7 Å². The van der Waals surface area contributed by atoms with Crippen molar-refractivity contribution in [3.63, 3.8) is 0 Å². The second kappa shape index (κ2) is 5.28. The maximum atomic E-state index is 12.8. The molecular weight excluding hydrogens is 310 g/mol. The summed E-state index contributed by atoms with van der Waals surface area (Å²) in [7, 11) is 0. The summed E-state index contributed by atoms with van der Waals surface area (Å²) in [5.41, 5.74) is -0.651. The van der Waals surface area contributed by atoms with Crippen molar-refractivity contribution in [2.45, 2.75) is 50.7 Å². The summed E-state index contributed by atoms with van der Waals surface area (Å²) in [5.74, 6) is 0.588. The van der Waals surface area contributed by atoms with Crippen LogP contribution in [0.5, 0.6) is 0 Å². The molecule has 1 aromatic carbocycles. The van der Waals surface area contributed by atoms with E-state index in [1.165, 1.54) is 12.1 Å². The van der Waals surface area contributed by atoms with Crippen LogP contribution in [0.3, 0.4) is 0 Å². The van der Waals surface area contributed by atoms with Gasteiger partial charge in [-0.15, -0.1) is 0 Å². The quantitative estimate of drug-likeness (QED) is 0.520. The minimum absolute atomic E-state index is 0.00679. The first-order valence-electron chi connectivity index (χ1n) is 8.51. The van der Waals surface area contributed by atoms with Gasteiger partial charge in [0, 0.05) is 12.1 Å². The molecule has 6 heteroatoms. The van der Waals surface area contributed by atoms with E-state index in [1.54, 1.807) is 12.1 Å². The van der Waals surface area contributed by atoms with E-state index in [-0.39, 0.29) is 18.3 Å². The Morgan fingerprint density at radius 1 is 1.29 bits per heavy atom. The minimum Gasteiger partial charge on any atom is -0.460 e. The van der Waals surface area contributed by atoms with Crippen LogP contribution in [0.2, 0.25) is 0 Å². The van der Waals surface area contributed by atoms with Crippen molar-refractivity contribution in [3.8, 4) is 0 Å². The summed E-state index contributed by atoms with van der Waals surface area (Å²) < 4.78 is 5.52. The fraction of sp³-hybridized carbons (Fsp3) is 0.611.